The Morgan fingerprint density at radius 1 is 1.12 bits per heavy atom. The predicted octanol–water partition coefficient (Wildman–Crippen LogP) is 2.44. The van der Waals surface area contributed by atoms with Crippen LogP contribution in [0.2, 0.25) is 0 Å². The fraction of sp³-hybridized carbons (Fsp3) is 0.615. The Bertz CT molecular complexity index is 360. The van der Waals surface area contributed by atoms with Crippen LogP contribution >= 0.6 is 0 Å². The van der Waals surface area contributed by atoms with E-state index in [2.05, 4.69) is 9.88 Å². The monoisotopic (exact) mass is 235 g/mol. The van der Waals surface area contributed by atoms with Gasteiger partial charge >= 0.3 is 0 Å². The van der Waals surface area contributed by atoms with E-state index in [1.54, 1.807) is 7.11 Å². The van der Waals surface area contributed by atoms with Gasteiger partial charge in [0.05, 0.1) is 12.8 Å². The van der Waals surface area contributed by atoms with E-state index in [4.69, 9.17) is 10.5 Å². The molecule has 1 aliphatic rings. The second-order valence-electron chi connectivity index (χ2n) is 4.52. The van der Waals surface area contributed by atoms with E-state index in [-0.39, 0.29) is 0 Å². The molecule has 4 nitrogen and oxygen atoms in total. The fourth-order valence-electron chi connectivity index (χ4n) is 2.27. The van der Waals surface area contributed by atoms with E-state index in [9.17, 15) is 0 Å². The molecular formula is C13H21N3O. The highest BCUT2D eigenvalue weighted by Gasteiger charge is 2.13. The highest BCUT2D eigenvalue weighted by molar-refractivity contribution is 5.63. The fourth-order valence-corrected chi connectivity index (χ4v) is 2.27. The van der Waals surface area contributed by atoms with Crippen LogP contribution in [0.5, 0.6) is 5.88 Å². The van der Waals surface area contributed by atoms with Gasteiger partial charge in [-0.25, -0.2) is 0 Å². The largest absolute Gasteiger partial charge is 0.481 e. The number of rotatable bonds is 2. The lowest BCUT2D eigenvalue weighted by Gasteiger charge is -2.27. The van der Waals surface area contributed by atoms with Gasteiger partial charge in [0.2, 0.25) is 5.88 Å². The van der Waals surface area contributed by atoms with Crippen molar-refractivity contribution in [3.63, 3.8) is 0 Å². The Morgan fingerprint density at radius 3 is 2.41 bits per heavy atom. The van der Waals surface area contributed by atoms with Gasteiger partial charge in [0.15, 0.2) is 5.82 Å². The first-order chi connectivity index (χ1) is 8.31. The molecule has 2 heterocycles. The Kier molecular flexibility index (Phi) is 4.07. The minimum atomic E-state index is 0.635. The van der Waals surface area contributed by atoms with Gasteiger partial charge in [-0.15, -0.1) is 0 Å². The number of hydrogen-bond acceptors (Lipinski definition) is 4. The second kappa shape index (κ2) is 5.75. The van der Waals surface area contributed by atoms with Crippen molar-refractivity contribution >= 4 is 11.5 Å². The molecule has 0 aromatic carbocycles. The molecule has 2 N–H and O–H groups in total. The van der Waals surface area contributed by atoms with Gasteiger partial charge < -0.3 is 15.4 Å². The molecule has 0 unspecified atom stereocenters. The SMILES string of the molecule is COc1ccc(N)c(N2CCCCCCC2)n1. The van der Waals surface area contributed by atoms with Crippen LogP contribution in [0.4, 0.5) is 11.5 Å². The molecule has 1 fully saturated rings. The summed E-state index contributed by atoms with van der Waals surface area (Å²) in [6.45, 7) is 2.09. The average Bonchev–Trinajstić information content (AvgIpc) is 2.30. The Morgan fingerprint density at radius 2 is 1.76 bits per heavy atom. The predicted molar refractivity (Wildman–Crippen MR) is 70.5 cm³/mol. The zero-order valence-electron chi connectivity index (χ0n) is 10.5. The summed E-state index contributed by atoms with van der Waals surface area (Å²) in [6.07, 6.45) is 6.41. The van der Waals surface area contributed by atoms with Gasteiger partial charge in [-0.1, -0.05) is 19.3 Å². The molecule has 1 aromatic heterocycles. The van der Waals surface area contributed by atoms with E-state index in [0.29, 0.717) is 5.88 Å². The Labute approximate surface area is 103 Å². The Balaban J connectivity index is 2.17. The zero-order valence-corrected chi connectivity index (χ0v) is 10.5. The van der Waals surface area contributed by atoms with Crippen LogP contribution in [0.3, 0.4) is 0 Å². The molecule has 2 rings (SSSR count). The van der Waals surface area contributed by atoms with Crippen molar-refractivity contribution in [1.82, 2.24) is 4.98 Å². The molecule has 0 saturated carbocycles. The van der Waals surface area contributed by atoms with E-state index in [1.807, 2.05) is 12.1 Å². The third-order valence-corrected chi connectivity index (χ3v) is 3.24. The van der Waals surface area contributed by atoms with Gasteiger partial charge in [0.1, 0.15) is 0 Å². The number of nitrogen functional groups attached to an aromatic ring is 1. The van der Waals surface area contributed by atoms with Crippen LogP contribution in [0.25, 0.3) is 0 Å². The van der Waals surface area contributed by atoms with Crippen LogP contribution in [-0.2, 0) is 0 Å². The highest BCUT2D eigenvalue weighted by Crippen LogP contribution is 2.25. The van der Waals surface area contributed by atoms with E-state index >= 15 is 0 Å². The summed E-state index contributed by atoms with van der Waals surface area (Å²) in [6, 6.07) is 3.68. The lowest BCUT2D eigenvalue weighted by molar-refractivity contribution is 0.397. The number of hydrogen-bond donors (Lipinski definition) is 1. The first-order valence-electron chi connectivity index (χ1n) is 6.37. The summed E-state index contributed by atoms with van der Waals surface area (Å²) in [5, 5.41) is 0. The normalized spacial score (nSPS) is 17.4. The quantitative estimate of drug-likeness (QED) is 0.855. The third kappa shape index (κ3) is 3.02. The maximum absolute atomic E-state index is 6.01. The molecule has 0 spiro atoms. The average molecular weight is 235 g/mol. The number of ether oxygens (including phenoxy) is 1. The maximum Gasteiger partial charge on any atom is 0.215 e. The topological polar surface area (TPSA) is 51.4 Å². The number of anilines is 2. The summed E-state index contributed by atoms with van der Waals surface area (Å²) in [7, 11) is 1.63. The first-order valence-corrected chi connectivity index (χ1v) is 6.37. The molecule has 0 amide bonds. The van der Waals surface area contributed by atoms with Crippen molar-refractivity contribution in [3.05, 3.63) is 12.1 Å². The number of nitrogens with two attached hydrogens (primary N) is 1. The number of methoxy groups -OCH3 is 1. The summed E-state index contributed by atoms with van der Waals surface area (Å²) < 4.78 is 5.16. The van der Waals surface area contributed by atoms with Crippen molar-refractivity contribution in [3.8, 4) is 5.88 Å². The molecular weight excluding hydrogens is 214 g/mol. The zero-order chi connectivity index (χ0) is 12.1. The number of nitrogens with zero attached hydrogens (tertiary/aromatic N) is 2. The summed E-state index contributed by atoms with van der Waals surface area (Å²) in [4.78, 5) is 6.75. The van der Waals surface area contributed by atoms with E-state index < -0.39 is 0 Å². The van der Waals surface area contributed by atoms with Crippen LogP contribution in [0, 0.1) is 0 Å². The van der Waals surface area contributed by atoms with Crippen LogP contribution in [-0.4, -0.2) is 25.2 Å². The van der Waals surface area contributed by atoms with Crippen molar-refractivity contribution in [2.24, 2.45) is 0 Å². The number of pyridine rings is 1. The van der Waals surface area contributed by atoms with Crippen LogP contribution in [0.1, 0.15) is 32.1 Å². The van der Waals surface area contributed by atoms with Crippen LogP contribution in [0.15, 0.2) is 12.1 Å². The van der Waals surface area contributed by atoms with Crippen LogP contribution < -0.4 is 15.4 Å². The molecule has 4 heteroatoms. The molecule has 0 radical (unpaired) electrons. The van der Waals surface area contributed by atoms with Crippen molar-refractivity contribution < 1.29 is 4.74 Å². The van der Waals surface area contributed by atoms with E-state index in [0.717, 1.165) is 24.6 Å². The molecule has 94 valence electrons. The van der Waals surface area contributed by atoms with E-state index in [1.165, 1.54) is 32.1 Å². The van der Waals surface area contributed by atoms with Gasteiger partial charge in [-0.05, 0) is 18.9 Å². The molecule has 1 saturated heterocycles. The summed E-state index contributed by atoms with van der Waals surface area (Å²) >= 11 is 0. The standard InChI is InChI=1S/C13H21N3O/c1-17-12-8-7-11(14)13(15-12)16-9-5-3-2-4-6-10-16/h7-8H,2-6,9-10,14H2,1H3. The summed E-state index contributed by atoms with van der Waals surface area (Å²) in [5.41, 5.74) is 6.75. The second-order valence-corrected chi connectivity index (χ2v) is 4.52. The third-order valence-electron chi connectivity index (χ3n) is 3.24. The number of aromatic nitrogens is 1. The minimum Gasteiger partial charge on any atom is -0.481 e. The van der Waals surface area contributed by atoms with Gasteiger partial charge in [0, 0.05) is 19.2 Å². The minimum absolute atomic E-state index is 0.635. The van der Waals surface area contributed by atoms with Crippen molar-refractivity contribution in [2.45, 2.75) is 32.1 Å². The van der Waals surface area contributed by atoms with Gasteiger partial charge in [0.25, 0.3) is 0 Å². The van der Waals surface area contributed by atoms with Crippen molar-refractivity contribution in [2.75, 3.05) is 30.8 Å². The maximum atomic E-state index is 6.01. The molecule has 1 aromatic rings. The molecule has 0 aliphatic carbocycles. The Hall–Kier alpha value is -1.45. The lowest BCUT2D eigenvalue weighted by atomic mass is 10.1. The lowest BCUT2D eigenvalue weighted by Crippen LogP contribution is -2.28. The molecule has 0 bridgehead atoms. The smallest absolute Gasteiger partial charge is 0.215 e. The van der Waals surface area contributed by atoms with Crippen molar-refractivity contribution in [1.29, 1.82) is 0 Å². The molecule has 1 aliphatic heterocycles. The molecule has 17 heavy (non-hydrogen) atoms. The summed E-state index contributed by atoms with van der Waals surface area (Å²) in [5.74, 6) is 1.52. The van der Waals surface area contributed by atoms with Gasteiger partial charge in [-0.2, -0.15) is 4.98 Å². The van der Waals surface area contributed by atoms with Gasteiger partial charge in [-0.3, -0.25) is 0 Å². The molecule has 0 atom stereocenters. The first kappa shape index (κ1) is 12.0. The highest BCUT2D eigenvalue weighted by atomic mass is 16.5.